The lowest BCUT2D eigenvalue weighted by molar-refractivity contribution is 0.0485. The molecule has 0 spiro atoms. The van der Waals surface area contributed by atoms with Crippen molar-refractivity contribution in [3.05, 3.63) is 35.4 Å². The van der Waals surface area contributed by atoms with E-state index in [0.717, 1.165) is 36.2 Å². The average Bonchev–Trinajstić information content (AvgIpc) is 3.19. The van der Waals surface area contributed by atoms with Gasteiger partial charge in [0, 0.05) is 17.8 Å². The maximum Gasteiger partial charge on any atom is 0.191 e. The largest absolute Gasteiger partial charge is 0.383 e. The molecule has 0 aromatic heterocycles. The third-order valence-electron chi connectivity index (χ3n) is 5.23. The Hall–Kier alpha value is -1.20. The fraction of sp³-hybridized carbons (Fsp3) is 0.632. The summed E-state index contributed by atoms with van der Waals surface area (Å²) in [6.07, 6.45) is 7.55. The number of nitrogens with zero attached hydrogens (tertiary/aromatic N) is 1. The number of guanidine groups is 1. The Balaban J connectivity index is 1.66. The third-order valence-corrected chi connectivity index (χ3v) is 6.32. The maximum atomic E-state index is 11.0. The summed E-state index contributed by atoms with van der Waals surface area (Å²) >= 11 is 1.96. The summed E-state index contributed by atoms with van der Waals surface area (Å²) in [6.45, 7) is 3.33. The number of fused-ring (bicyclic) bond motifs is 1. The van der Waals surface area contributed by atoms with Gasteiger partial charge in [0.2, 0.25) is 0 Å². The predicted molar refractivity (Wildman–Crippen MR) is 103 cm³/mol. The van der Waals surface area contributed by atoms with E-state index >= 15 is 0 Å². The topological polar surface area (TPSA) is 56.7 Å². The van der Waals surface area contributed by atoms with Crippen molar-refractivity contribution in [1.29, 1.82) is 0 Å². The van der Waals surface area contributed by atoms with Gasteiger partial charge in [-0.2, -0.15) is 11.8 Å². The van der Waals surface area contributed by atoms with Crippen LogP contribution in [0, 0.1) is 0 Å². The fourth-order valence-corrected chi connectivity index (χ4v) is 4.64. The van der Waals surface area contributed by atoms with E-state index in [1.807, 2.05) is 30.0 Å². The van der Waals surface area contributed by atoms with Gasteiger partial charge in [-0.05, 0) is 56.4 Å². The molecule has 3 unspecified atom stereocenters. The van der Waals surface area contributed by atoms with Gasteiger partial charge in [-0.3, -0.25) is 0 Å². The molecule has 1 fully saturated rings. The SMILES string of the molecule is CCNC(=NCC1(O)CCc2ccccc21)NC1CCC(SC)C1. The lowest BCUT2D eigenvalue weighted by atomic mass is 9.96. The summed E-state index contributed by atoms with van der Waals surface area (Å²) < 4.78 is 0. The second kappa shape index (κ2) is 7.79. The number of hydrogen-bond donors (Lipinski definition) is 3. The van der Waals surface area contributed by atoms with Crippen LogP contribution in [0.25, 0.3) is 0 Å². The van der Waals surface area contributed by atoms with Gasteiger partial charge in [0.25, 0.3) is 0 Å². The van der Waals surface area contributed by atoms with Crippen LogP contribution in [0.1, 0.15) is 43.7 Å². The third kappa shape index (κ3) is 3.89. The maximum absolute atomic E-state index is 11.0. The molecular weight excluding hydrogens is 318 g/mol. The van der Waals surface area contributed by atoms with Crippen molar-refractivity contribution in [1.82, 2.24) is 10.6 Å². The highest BCUT2D eigenvalue weighted by Crippen LogP contribution is 2.36. The van der Waals surface area contributed by atoms with E-state index in [4.69, 9.17) is 4.99 Å². The van der Waals surface area contributed by atoms with Crippen LogP contribution in [0.4, 0.5) is 0 Å². The number of aliphatic imine (C=N–C) groups is 1. The number of nitrogens with one attached hydrogen (secondary N) is 2. The average molecular weight is 348 g/mol. The highest BCUT2D eigenvalue weighted by atomic mass is 32.2. The lowest BCUT2D eigenvalue weighted by Crippen LogP contribution is -2.43. The highest BCUT2D eigenvalue weighted by molar-refractivity contribution is 7.99. The molecule has 3 N–H and O–H groups in total. The first-order valence-corrected chi connectivity index (χ1v) is 10.3. The first-order valence-electron chi connectivity index (χ1n) is 9.03. The van der Waals surface area contributed by atoms with Crippen molar-refractivity contribution in [2.24, 2.45) is 4.99 Å². The van der Waals surface area contributed by atoms with Crippen LogP contribution >= 0.6 is 11.8 Å². The minimum atomic E-state index is -0.823. The molecule has 1 saturated carbocycles. The smallest absolute Gasteiger partial charge is 0.191 e. The predicted octanol–water partition coefficient (Wildman–Crippen LogP) is 2.66. The number of thioether (sulfide) groups is 1. The monoisotopic (exact) mass is 347 g/mol. The summed E-state index contributed by atoms with van der Waals surface area (Å²) in [7, 11) is 0. The van der Waals surface area contributed by atoms with Gasteiger partial charge in [-0.25, -0.2) is 4.99 Å². The van der Waals surface area contributed by atoms with Crippen molar-refractivity contribution in [2.45, 2.75) is 55.9 Å². The molecule has 2 aliphatic rings. The summed E-state index contributed by atoms with van der Waals surface area (Å²) in [5, 5.41) is 18.7. The molecule has 24 heavy (non-hydrogen) atoms. The summed E-state index contributed by atoms with van der Waals surface area (Å²) in [4.78, 5) is 4.72. The molecule has 0 heterocycles. The Morgan fingerprint density at radius 1 is 1.38 bits per heavy atom. The zero-order valence-corrected chi connectivity index (χ0v) is 15.5. The molecule has 0 saturated heterocycles. The number of aliphatic hydroxyl groups is 1. The number of aryl methyl sites for hydroxylation is 1. The highest BCUT2D eigenvalue weighted by Gasteiger charge is 2.36. The molecule has 132 valence electrons. The van der Waals surface area contributed by atoms with E-state index in [-0.39, 0.29) is 0 Å². The molecule has 5 heteroatoms. The van der Waals surface area contributed by atoms with Crippen molar-refractivity contribution in [3.63, 3.8) is 0 Å². The number of hydrogen-bond acceptors (Lipinski definition) is 3. The quantitative estimate of drug-likeness (QED) is 0.566. The van der Waals surface area contributed by atoms with Crippen LogP contribution in [-0.2, 0) is 12.0 Å². The van der Waals surface area contributed by atoms with Crippen LogP contribution in [0.2, 0.25) is 0 Å². The molecule has 0 aliphatic heterocycles. The van der Waals surface area contributed by atoms with Crippen LogP contribution in [0.15, 0.2) is 29.3 Å². The molecular formula is C19H29N3OS. The second-order valence-corrected chi connectivity index (χ2v) is 8.03. The standard InChI is InChI=1S/C19H29N3OS/c1-3-20-18(22-15-8-9-16(12-15)24-2)21-13-19(23)11-10-14-6-4-5-7-17(14)19/h4-7,15-16,23H,3,8-13H2,1-2H3,(H2,20,21,22). The molecule has 0 amide bonds. The Labute approximate surface area is 149 Å². The minimum Gasteiger partial charge on any atom is -0.383 e. The zero-order chi connectivity index (χ0) is 17.0. The number of benzene rings is 1. The van der Waals surface area contributed by atoms with E-state index in [1.165, 1.54) is 24.8 Å². The molecule has 0 bridgehead atoms. The Bertz CT molecular complexity index is 592. The fourth-order valence-electron chi connectivity index (χ4n) is 3.84. The first-order chi connectivity index (χ1) is 11.6. The van der Waals surface area contributed by atoms with E-state index in [1.54, 1.807) is 0 Å². The van der Waals surface area contributed by atoms with E-state index in [9.17, 15) is 5.11 Å². The van der Waals surface area contributed by atoms with Crippen molar-refractivity contribution < 1.29 is 5.11 Å². The van der Waals surface area contributed by atoms with Crippen molar-refractivity contribution >= 4 is 17.7 Å². The van der Waals surface area contributed by atoms with Gasteiger partial charge in [0.05, 0.1) is 6.54 Å². The molecule has 0 radical (unpaired) electrons. The first kappa shape index (κ1) is 17.6. The Morgan fingerprint density at radius 2 is 2.21 bits per heavy atom. The zero-order valence-electron chi connectivity index (χ0n) is 14.7. The van der Waals surface area contributed by atoms with Gasteiger partial charge >= 0.3 is 0 Å². The van der Waals surface area contributed by atoms with Crippen LogP contribution in [0.5, 0.6) is 0 Å². The van der Waals surface area contributed by atoms with Gasteiger partial charge in [-0.1, -0.05) is 24.3 Å². The molecule has 3 atom stereocenters. The summed E-state index contributed by atoms with van der Waals surface area (Å²) in [5.41, 5.74) is 1.48. The lowest BCUT2D eigenvalue weighted by Gasteiger charge is -2.23. The van der Waals surface area contributed by atoms with Crippen molar-refractivity contribution in [2.75, 3.05) is 19.3 Å². The van der Waals surface area contributed by atoms with Gasteiger partial charge in [-0.15, -0.1) is 0 Å². The van der Waals surface area contributed by atoms with Crippen LogP contribution < -0.4 is 10.6 Å². The molecule has 2 aliphatic carbocycles. The van der Waals surface area contributed by atoms with Gasteiger partial charge in [0.1, 0.15) is 5.60 Å². The molecule has 1 aromatic carbocycles. The second-order valence-electron chi connectivity index (χ2n) is 6.90. The van der Waals surface area contributed by atoms with Crippen LogP contribution in [0.3, 0.4) is 0 Å². The Morgan fingerprint density at radius 3 is 2.96 bits per heavy atom. The normalized spacial score (nSPS) is 29.5. The molecule has 4 nitrogen and oxygen atoms in total. The van der Waals surface area contributed by atoms with Crippen LogP contribution in [-0.4, -0.2) is 41.7 Å². The van der Waals surface area contributed by atoms with E-state index in [2.05, 4.69) is 29.9 Å². The van der Waals surface area contributed by atoms with Crippen molar-refractivity contribution in [3.8, 4) is 0 Å². The minimum absolute atomic E-state index is 0.415. The summed E-state index contributed by atoms with van der Waals surface area (Å²) in [5.74, 6) is 0.835. The molecule has 3 rings (SSSR count). The van der Waals surface area contributed by atoms with Gasteiger partial charge in [0.15, 0.2) is 5.96 Å². The van der Waals surface area contributed by atoms with Gasteiger partial charge < -0.3 is 15.7 Å². The van der Waals surface area contributed by atoms with E-state index in [0.29, 0.717) is 12.6 Å². The summed E-state index contributed by atoms with van der Waals surface area (Å²) in [6, 6.07) is 8.69. The number of rotatable bonds is 5. The molecule has 1 aromatic rings. The Kier molecular flexibility index (Phi) is 5.72. The van der Waals surface area contributed by atoms with E-state index < -0.39 is 5.60 Å².